The molecule has 0 radical (unpaired) electrons. The Hall–Kier alpha value is -3.16. The molecule has 0 spiro atoms. The van der Waals surface area contributed by atoms with Crippen molar-refractivity contribution in [3.8, 4) is 0 Å². The number of nitrogens with zero attached hydrogens (tertiary/aromatic N) is 5. The number of hydrogen-bond donors (Lipinski definition) is 1. The van der Waals surface area contributed by atoms with E-state index in [9.17, 15) is 9.59 Å². The Bertz CT molecular complexity index is 1000. The van der Waals surface area contributed by atoms with Gasteiger partial charge in [0.1, 0.15) is 5.82 Å². The minimum Gasteiger partial charge on any atom is -0.368 e. The molecule has 8 nitrogen and oxygen atoms in total. The summed E-state index contributed by atoms with van der Waals surface area (Å²) in [5.41, 5.74) is 3.19. The van der Waals surface area contributed by atoms with Crippen molar-refractivity contribution >= 4 is 34.8 Å². The Labute approximate surface area is 188 Å². The van der Waals surface area contributed by atoms with E-state index in [-0.39, 0.29) is 11.9 Å². The lowest BCUT2D eigenvalue weighted by Crippen LogP contribution is -2.48. The van der Waals surface area contributed by atoms with E-state index >= 15 is 0 Å². The van der Waals surface area contributed by atoms with Gasteiger partial charge in [0.15, 0.2) is 5.78 Å². The third kappa shape index (κ3) is 4.13. The summed E-state index contributed by atoms with van der Waals surface area (Å²) < 4.78 is 0. The number of piperazine rings is 1. The minimum absolute atomic E-state index is 0.0319. The third-order valence-electron chi connectivity index (χ3n) is 6.85. The lowest BCUT2D eigenvalue weighted by Gasteiger charge is -2.35. The number of nitrogens with one attached hydrogen (secondary N) is 1. The maximum Gasteiger partial charge on any atom is 0.229 e. The molecule has 3 aliphatic rings. The summed E-state index contributed by atoms with van der Waals surface area (Å²) in [6, 6.07) is 8.21. The summed E-state index contributed by atoms with van der Waals surface area (Å²) in [6.07, 6.45) is 6.51. The monoisotopic (exact) mass is 434 g/mol. The lowest BCUT2D eigenvalue weighted by atomic mass is 9.93. The SMILES string of the molecule is CC(=O)N1CCN(c2ccc(Nc3ncc4c(n3)N(C3CCCCC3=O)CC4)cc2)CC1. The normalized spacial score (nSPS) is 21.0. The zero-order valence-corrected chi connectivity index (χ0v) is 18.6. The number of ketones is 1. The van der Waals surface area contributed by atoms with Gasteiger partial charge in [-0.25, -0.2) is 4.98 Å². The highest BCUT2D eigenvalue weighted by Gasteiger charge is 2.33. The average Bonchev–Trinajstić information content (AvgIpc) is 3.23. The number of Topliss-reactive ketones (excluding diaryl/α,β-unsaturated/α-hetero) is 1. The second-order valence-electron chi connectivity index (χ2n) is 8.88. The summed E-state index contributed by atoms with van der Waals surface area (Å²) in [4.78, 5) is 39.6. The fourth-order valence-electron chi connectivity index (χ4n) is 4.99. The first kappa shape index (κ1) is 20.7. The fraction of sp³-hybridized carbons (Fsp3) is 0.500. The van der Waals surface area contributed by atoms with Gasteiger partial charge in [-0.05, 0) is 43.5 Å². The third-order valence-corrected chi connectivity index (χ3v) is 6.85. The summed E-state index contributed by atoms with van der Waals surface area (Å²) in [7, 11) is 0. The minimum atomic E-state index is -0.0319. The van der Waals surface area contributed by atoms with Gasteiger partial charge in [-0.3, -0.25) is 9.59 Å². The fourth-order valence-corrected chi connectivity index (χ4v) is 4.99. The molecule has 1 atom stereocenters. The topological polar surface area (TPSA) is 81.7 Å². The molecule has 168 valence electrons. The molecule has 32 heavy (non-hydrogen) atoms. The van der Waals surface area contributed by atoms with Crippen molar-refractivity contribution in [2.45, 2.75) is 45.1 Å². The summed E-state index contributed by atoms with van der Waals surface area (Å²) in [5.74, 6) is 1.95. The summed E-state index contributed by atoms with van der Waals surface area (Å²) in [5, 5.41) is 3.32. The molecular weight excluding hydrogens is 404 g/mol. The molecule has 1 amide bonds. The molecule has 3 heterocycles. The first-order chi connectivity index (χ1) is 15.6. The van der Waals surface area contributed by atoms with Gasteiger partial charge in [0.2, 0.25) is 11.9 Å². The van der Waals surface area contributed by atoms with E-state index in [0.717, 1.165) is 81.2 Å². The average molecular weight is 435 g/mol. The van der Waals surface area contributed by atoms with E-state index in [1.165, 1.54) is 0 Å². The van der Waals surface area contributed by atoms with E-state index in [1.54, 1.807) is 6.92 Å². The van der Waals surface area contributed by atoms with Crippen LogP contribution in [-0.2, 0) is 16.0 Å². The predicted molar refractivity (Wildman–Crippen MR) is 125 cm³/mol. The van der Waals surface area contributed by atoms with E-state index in [4.69, 9.17) is 4.98 Å². The number of hydrogen-bond acceptors (Lipinski definition) is 7. The Morgan fingerprint density at radius 3 is 2.53 bits per heavy atom. The van der Waals surface area contributed by atoms with Gasteiger partial charge in [0.05, 0.1) is 6.04 Å². The van der Waals surface area contributed by atoms with Crippen LogP contribution >= 0.6 is 0 Å². The molecule has 1 unspecified atom stereocenters. The van der Waals surface area contributed by atoms with Crippen LogP contribution in [0.5, 0.6) is 0 Å². The number of amides is 1. The molecule has 1 aromatic heterocycles. The molecule has 2 aromatic rings. The zero-order chi connectivity index (χ0) is 22.1. The van der Waals surface area contributed by atoms with E-state index in [2.05, 4.69) is 32.2 Å². The highest BCUT2D eigenvalue weighted by Crippen LogP contribution is 2.32. The van der Waals surface area contributed by atoms with Gasteiger partial charge in [-0.2, -0.15) is 4.98 Å². The summed E-state index contributed by atoms with van der Waals surface area (Å²) in [6.45, 7) is 5.68. The Kier molecular flexibility index (Phi) is 5.68. The van der Waals surface area contributed by atoms with Crippen LogP contribution in [0.25, 0.3) is 0 Å². The van der Waals surface area contributed by atoms with Crippen LogP contribution < -0.4 is 15.1 Å². The van der Waals surface area contributed by atoms with Gasteiger partial charge in [-0.15, -0.1) is 0 Å². The highest BCUT2D eigenvalue weighted by atomic mass is 16.2. The molecular formula is C24H30N6O2. The molecule has 8 heteroatoms. The molecule has 1 saturated carbocycles. The number of carbonyl (C=O) groups excluding carboxylic acids is 2. The maximum absolute atomic E-state index is 12.5. The standard InChI is InChI=1S/C24H30N6O2/c1-17(31)28-12-14-29(15-13-28)20-8-6-19(7-9-20)26-24-25-16-18-10-11-30(23(18)27-24)21-4-2-3-5-22(21)32/h6-9,16,21H,2-5,10-15H2,1H3,(H,25,26,27). The number of rotatable bonds is 4. The van der Waals surface area contributed by atoms with Crippen LogP contribution in [0.1, 0.15) is 38.2 Å². The Morgan fingerprint density at radius 1 is 1.03 bits per heavy atom. The molecule has 1 saturated heterocycles. The molecule has 2 fully saturated rings. The molecule has 1 aromatic carbocycles. The quantitative estimate of drug-likeness (QED) is 0.792. The van der Waals surface area contributed by atoms with Crippen LogP contribution in [0.15, 0.2) is 30.5 Å². The van der Waals surface area contributed by atoms with Gasteiger partial charge in [0.25, 0.3) is 0 Å². The van der Waals surface area contributed by atoms with Gasteiger partial charge < -0.3 is 20.0 Å². The van der Waals surface area contributed by atoms with Gasteiger partial charge in [-0.1, -0.05) is 6.42 Å². The second-order valence-corrected chi connectivity index (χ2v) is 8.88. The molecule has 2 aliphatic heterocycles. The molecule has 1 N–H and O–H groups in total. The van der Waals surface area contributed by atoms with Crippen LogP contribution in [-0.4, -0.2) is 65.3 Å². The van der Waals surface area contributed by atoms with Crippen molar-refractivity contribution in [2.75, 3.05) is 47.8 Å². The van der Waals surface area contributed by atoms with Crippen LogP contribution in [0.2, 0.25) is 0 Å². The number of anilines is 4. The second kappa shape index (κ2) is 8.76. The number of aromatic nitrogens is 2. The molecule has 5 rings (SSSR count). The molecule has 0 bridgehead atoms. The predicted octanol–water partition coefficient (Wildman–Crippen LogP) is 2.76. The zero-order valence-electron chi connectivity index (χ0n) is 18.6. The van der Waals surface area contributed by atoms with Crippen LogP contribution in [0.3, 0.4) is 0 Å². The van der Waals surface area contributed by atoms with E-state index < -0.39 is 0 Å². The van der Waals surface area contributed by atoms with E-state index in [0.29, 0.717) is 18.2 Å². The van der Waals surface area contributed by atoms with Crippen molar-refractivity contribution in [1.82, 2.24) is 14.9 Å². The van der Waals surface area contributed by atoms with Gasteiger partial charge in [0, 0.05) is 69.2 Å². The van der Waals surface area contributed by atoms with Crippen LogP contribution in [0.4, 0.5) is 23.1 Å². The number of carbonyl (C=O) groups is 2. The Balaban J connectivity index is 1.26. The van der Waals surface area contributed by atoms with Crippen molar-refractivity contribution in [1.29, 1.82) is 0 Å². The van der Waals surface area contributed by atoms with Gasteiger partial charge >= 0.3 is 0 Å². The maximum atomic E-state index is 12.5. The summed E-state index contributed by atoms with van der Waals surface area (Å²) >= 11 is 0. The van der Waals surface area contributed by atoms with E-state index in [1.807, 2.05) is 23.2 Å². The largest absolute Gasteiger partial charge is 0.368 e. The first-order valence-electron chi connectivity index (χ1n) is 11.6. The van der Waals surface area contributed by atoms with Crippen molar-refractivity contribution in [2.24, 2.45) is 0 Å². The van der Waals surface area contributed by atoms with Crippen LogP contribution in [0, 0.1) is 0 Å². The molecule has 1 aliphatic carbocycles. The number of fused-ring (bicyclic) bond motifs is 1. The van der Waals surface area contributed by atoms with Crippen molar-refractivity contribution < 1.29 is 9.59 Å². The Morgan fingerprint density at radius 2 is 1.81 bits per heavy atom. The lowest BCUT2D eigenvalue weighted by molar-refractivity contribution is -0.129. The first-order valence-corrected chi connectivity index (χ1v) is 11.6. The number of benzene rings is 1. The smallest absolute Gasteiger partial charge is 0.229 e. The van der Waals surface area contributed by atoms with Crippen molar-refractivity contribution in [3.63, 3.8) is 0 Å². The van der Waals surface area contributed by atoms with Crippen molar-refractivity contribution in [3.05, 3.63) is 36.0 Å². The highest BCUT2D eigenvalue weighted by molar-refractivity contribution is 5.88.